The molecule has 1 aromatic heterocycles. The van der Waals surface area contributed by atoms with E-state index in [1.165, 1.54) is 7.11 Å². The number of carbonyl (C=O) groups excluding carboxylic acids is 1. The Balaban J connectivity index is 3.23. The molecule has 0 aliphatic carbocycles. The maximum Gasteiger partial charge on any atom is 0.261 e. The van der Waals surface area contributed by atoms with Gasteiger partial charge in [-0.2, -0.15) is 0 Å². The number of sulfone groups is 1. The number of nitrogen functional groups attached to an aromatic ring is 1. The molecule has 0 atom stereocenters. The molecule has 0 unspecified atom stereocenters. The third-order valence-corrected chi connectivity index (χ3v) is 4.56. The highest BCUT2D eigenvalue weighted by Crippen LogP contribution is 2.38. The molecule has 9 heteroatoms. The predicted molar refractivity (Wildman–Crippen MR) is 70.7 cm³/mol. The molecule has 0 bridgehead atoms. The first kappa shape index (κ1) is 14.7. The van der Waals surface area contributed by atoms with Gasteiger partial charge in [0, 0.05) is 19.9 Å². The molecule has 1 heterocycles. The summed E-state index contributed by atoms with van der Waals surface area (Å²) in [5, 5.41) is 3.17. The van der Waals surface area contributed by atoms with Crippen molar-refractivity contribution in [1.29, 1.82) is 0 Å². The second-order valence-corrected chi connectivity index (χ2v) is 6.53. The second-order valence-electron chi connectivity index (χ2n) is 3.56. The normalized spacial score (nSPS) is 11.4. The van der Waals surface area contributed by atoms with Crippen LogP contribution in [0, 0.1) is 0 Å². The minimum Gasteiger partial charge on any atom is -0.396 e. The number of nitrogens with two attached hydrogens (primary N) is 2. The Kier molecular flexibility index (Phi) is 4.54. The molecule has 18 heavy (non-hydrogen) atoms. The Hall–Kier alpha value is -1.32. The van der Waals surface area contributed by atoms with Gasteiger partial charge in [-0.1, -0.05) is 0 Å². The van der Waals surface area contributed by atoms with E-state index in [-0.39, 0.29) is 15.5 Å². The van der Waals surface area contributed by atoms with Crippen LogP contribution < -0.4 is 16.8 Å². The average molecular weight is 293 g/mol. The zero-order valence-corrected chi connectivity index (χ0v) is 11.7. The molecule has 102 valence electrons. The lowest BCUT2D eigenvalue weighted by Crippen LogP contribution is -2.12. The van der Waals surface area contributed by atoms with Crippen molar-refractivity contribution in [3.05, 3.63) is 4.88 Å². The summed E-state index contributed by atoms with van der Waals surface area (Å²) in [6.07, 6.45) is 1.03. The van der Waals surface area contributed by atoms with Gasteiger partial charge in [0.1, 0.15) is 14.8 Å². The molecule has 0 aromatic carbocycles. The summed E-state index contributed by atoms with van der Waals surface area (Å²) >= 11 is 0.926. The minimum absolute atomic E-state index is 0.0374. The van der Waals surface area contributed by atoms with Crippen LogP contribution in [-0.2, 0) is 14.6 Å². The lowest BCUT2D eigenvalue weighted by atomic mass is 10.4. The van der Waals surface area contributed by atoms with Crippen LogP contribution in [0.2, 0.25) is 0 Å². The fraction of sp³-hybridized carbons (Fsp3) is 0.444. The number of rotatable bonds is 6. The fourth-order valence-electron chi connectivity index (χ4n) is 1.36. The van der Waals surface area contributed by atoms with Gasteiger partial charge in [0.05, 0.1) is 12.3 Å². The Bertz CT molecular complexity index is 550. The predicted octanol–water partition coefficient (Wildman–Crippen LogP) is -0.109. The van der Waals surface area contributed by atoms with E-state index in [2.05, 4.69) is 5.32 Å². The van der Waals surface area contributed by atoms with Crippen molar-refractivity contribution < 1.29 is 17.9 Å². The van der Waals surface area contributed by atoms with E-state index in [9.17, 15) is 13.2 Å². The van der Waals surface area contributed by atoms with Crippen LogP contribution >= 0.6 is 11.3 Å². The van der Waals surface area contributed by atoms with Crippen LogP contribution in [0.25, 0.3) is 0 Å². The standard InChI is InChI=1S/C9H15N3O4S2/c1-16-4-3-12-9-7(18(2,14)15)5(10)6(17-9)8(11)13/h12H,3-4,10H2,1-2H3,(H2,11,13). The van der Waals surface area contributed by atoms with E-state index in [0.717, 1.165) is 17.6 Å². The number of hydrogen-bond donors (Lipinski definition) is 3. The molecule has 1 amide bonds. The summed E-state index contributed by atoms with van der Waals surface area (Å²) < 4.78 is 28.1. The first-order valence-electron chi connectivity index (χ1n) is 4.94. The molecule has 1 aromatic rings. The molecule has 0 aliphatic rings. The summed E-state index contributed by atoms with van der Waals surface area (Å²) in [6.45, 7) is 0.796. The van der Waals surface area contributed by atoms with Gasteiger partial charge in [0.2, 0.25) is 0 Å². The van der Waals surface area contributed by atoms with Gasteiger partial charge >= 0.3 is 0 Å². The van der Waals surface area contributed by atoms with Crippen molar-refractivity contribution in [3.8, 4) is 0 Å². The second kappa shape index (κ2) is 5.55. The van der Waals surface area contributed by atoms with E-state index in [1.54, 1.807) is 0 Å². The van der Waals surface area contributed by atoms with Crippen LogP contribution in [0.1, 0.15) is 9.67 Å². The van der Waals surface area contributed by atoms with Crippen molar-refractivity contribution in [2.45, 2.75) is 4.90 Å². The maximum atomic E-state index is 11.6. The molecule has 0 fully saturated rings. The average Bonchev–Trinajstić information content (AvgIpc) is 2.55. The minimum atomic E-state index is -3.54. The van der Waals surface area contributed by atoms with E-state index in [4.69, 9.17) is 16.2 Å². The lowest BCUT2D eigenvalue weighted by Gasteiger charge is -2.05. The van der Waals surface area contributed by atoms with Crippen LogP contribution in [0.3, 0.4) is 0 Å². The molecule has 0 saturated carbocycles. The Morgan fingerprint density at radius 1 is 1.50 bits per heavy atom. The van der Waals surface area contributed by atoms with Crippen LogP contribution in [0.4, 0.5) is 10.7 Å². The SMILES string of the molecule is COCCNc1sc(C(N)=O)c(N)c1S(C)(=O)=O. The number of hydrogen-bond acceptors (Lipinski definition) is 7. The van der Waals surface area contributed by atoms with E-state index in [1.807, 2.05) is 0 Å². The number of amides is 1. The molecule has 7 nitrogen and oxygen atoms in total. The van der Waals surface area contributed by atoms with E-state index < -0.39 is 15.7 Å². The Morgan fingerprint density at radius 2 is 2.11 bits per heavy atom. The van der Waals surface area contributed by atoms with Crippen LogP contribution in [0.5, 0.6) is 0 Å². The number of ether oxygens (including phenoxy) is 1. The first-order chi connectivity index (χ1) is 8.29. The molecule has 0 aliphatic heterocycles. The largest absolute Gasteiger partial charge is 0.396 e. The third-order valence-electron chi connectivity index (χ3n) is 2.09. The Labute approximate surface area is 109 Å². The van der Waals surface area contributed by atoms with Crippen LogP contribution in [0.15, 0.2) is 4.90 Å². The van der Waals surface area contributed by atoms with E-state index in [0.29, 0.717) is 18.2 Å². The lowest BCUT2D eigenvalue weighted by molar-refractivity contribution is 0.100. The van der Waals surface area contributed by atoms with Crippen molar-refractivity contribution in [2.75, 3.05) is 37.6 Å². The van der Waals surface area contributed by atoms with Crippen molar-refractivity contribution >= 4 is 37.8 Å². The van der Waals surface area contributed by atoms with Gasteiger partial charge in [-0.3, -0.25) is 4.79 Å². The van der Waals surface area contributed by atoms with Crippen molar-refractivity contribution in [1.82, 2.24) is 0 Å². The fourth-order valence-corrected chi connectivity index (χ4v) is 3.81. The van der Waals surface area contributed by atoms with Crippen molar-refractivity contribution in [2.24, 2.45) is 5.73 Å². The molecular weight excluding hydrogens is 278 g/mol. The summed E-state index contributed by atoms with van der Waals surface area (Å²) in [7, 11) is -2.02. The molecule has 1 rings (SSSR count). The monoisotopic (exact) mass is 293 g/mol. The molecule has 0 radical (unpaired) electrons. The molecular formula is C9H15N3O4S2. The third kappa shape index (κ3) is 3.12. The smallest absolute Gasteiger partial charge is 0.261 e. The van der Waals surface area contributed by atoms with Gasteiger partial charge in [0.25, 0.3) is 5.91 Å². The summed E-state index contributed by atoms with van der Waals surface area (Å²) in [4.78, 5) is 11.1. The van der Waals surface area contributed by atoms with Gasteiger partial charge in [-0.05, 0) is 0 Å². The zero-order chi connectivity index (χ0) is 13.9. The van der Waals surface area contributed by atoms with Gasteiger partial charge in [-0.25, -0.2) is 8.42 Å². The number of methoxy groups -OCH3 is 1. The van der Waals surface area contributed by atoms with E-state index >= 15 is 0 Å². The maximum absolute atomic E-state index is 11.6. The quantitative estimate of drug-likeness (QED) is 0.629. The molecule has 0 spiro atoms. The number of thiophene rings is 1. The van der Waals surface area contributed by atoms with Gasteiger partial charge < -0.3 is 21.5 Å². The summed E-state index contributed by atoms with van der Waals surface area (Å²) in [5.74, 6) is -0.748. The molecule has 5 N–H and O–H groups in total. The van der Waals surface area contributed by atoms with Crippen molar-refractivity contribution in [3.63, 3.8) is 0 Å². The van der Waals surface area contributed by atoms with Gasteiger partial charge in [0.15, 0.2) is 9.84 Å². The number of carbonyl (C=O) groups is 1. The highest BCUT2D eigenvalue weighted by molar-refractivity contribution is 7.91. The number of nitrogens with one attached hydrogen (secondary N) is 1. The van der Waals surface area contributed by atoms with Gasteiger partial charge in [-0.15, -0.1) is 11.3 Å². The zero-order valence-electron chi connectivity index (χ0n) is 10.0. The highest BCUT2D eigenvalue weighted by atomic mass is 32.2. The first-order valence-corrected chi connectivity index (χ1v) is 7.64. The molecule has 0 saturated heterocycles. The summed E-state index contributed by atoms with van der Waals surface area (Å²) in [5.41, 5.74) is 10.7. The Morgan fingerprint density at radius 3 is 2.56 bits per heavy atom. The number of anilines is 2. The highest BCUT2D eigenvalue weighted by Gasteiger charge is 2.25. The number of primary amides is 1. The van der Waals surface area contributed by atoms with Crippen LogP contribution in [-0.4, -0.2) is 40.8 Å². The topological polar surface area (TPSA) is 125 Å². The summed E-state index contributed by atoms with van der Waals surface area (Å²) in [6, 6.07) is 0.